The van der Waals surface area contributed by atoms with E-state index in [-0.39, 0.29) is 17.9 Å². The maximum atomic E-state index is 11.9. The summed E-state index contributed by atoms with van der Waals surface area (Å²) in [6.07, 6.45) is 4.90. The largest absolute Gasteiger partial charge is 0.481 e. The van der Waals surface area contributed by atoms with E-state index in [4.69, 9.17) is 9.52 Å². The third-order valence-corrected chi connectivity index (χ3v) is 3.81. The van der Waals surface area contributed by atoms with Gasteiger partial charge in [-0.2, -0.15) is 0 Å². The summed E-state index contributed by atoms with van der Waals surface area (Å²) in [7, 11) is 0. The van der Waals surface area contributed by atoms with Crippen molar-refractivity contribution in [1.82, 2.24) is 5.32 Å². The molecule has 1 heterocycles. The van der Waals surface area contributed by atoms with Gasteiger partial charge in [0.05, 0.1) is 24.1 Å². The first kappa shape index (κ1) is 11.3. The van der Waals surface area contributed by atoms with E-state index < -0.39 is 11.9 Å². The van der Waals surface area contributed by atoms with E-state index in [0.717, 1.165) is 30.6 Å². The van der Waals surface area contributed by atoms with Crippen molar-refractivity contribution in [3.05, 3.63) is 23.7 Å². The predicted molar refractivity (Wildman–Crippen MR) is 61.8 cm³/mol. The zero-order valence-corrected chi connectivity index (χ0v) is 9.89. The Hall–Kier alpha value is -1.78. The van der Waals surface area contributed by atoms with Crippen LogP contribution >= 0.6 is 0 Å². The van der Waals surface area contributed by atoms with Crippen LogP contribution in [0.25, 0.3) is 0 Å². The Kier molecular flexibility index (Phi) is 2.61. The summed E-state index contributed by atoms with van der Waals surface area (Å²) in [5.41, 5.74) is 1.04. The minimum Gasteiger partial charge on any atom is -0.481 e. The lowest BCUT2D eigenvalue weighted by Gasteiger charge is -2.22. The van der Waals surface area contributed by atoms with Crippen molar-refractivity contribution in [2.24, 2.45) is 11.8 Å². The lowest BCUT2D eigenvalue weighted by molar-refractivity contribution is -0.140. The van der Waals surface area contributed by atoms with Crippen LogP contribution in [0, 0.1) is 11.8 Å². The Morgan fingerprint density at radius 2 is 2.22 bits per heavy atom. The third kappa shape index (κ3) is 1.89. The van der Waals surface area contributed by atoms with Crippen LogP contribution < -0.4 is 5.32 Å². The Morgan fingerprint density at radius 1 is 1.39 bits per heavy atom. The van der Waals surface area contributed by atoms with Crippen molar-refractivity contribution < 1.29 is 19.1 Å². The Morgan fingerprint density at radius 3 is 2.94 bits per heavy atom. The van der Waals surface area contributed by atoms with Crippen LogP contribution in [0.4, 0.5) is 0 Å². The standard InChI is InChI=1S/C13H15NO4/c15-12(8-6-9(8)13(16)17)14-10-2-1-3-11-7(10)4-5-18-11/h4-5,8-10H,1-3,6H2,(H,14,15)(H,16,17). The molecule has 1 fully saturated rings. The van der Waals surface area contributed by atoms with Gasteiger partial charge in [-0.25, -0.2) is 0 Å². The van der Waals surface area contributed by atoms with Crippen molar-refractivity contribution >= 4 is 11.9 Å². The molecule has 0 aliphatic heterocycles. The molecule has 18 heavy (non-hydrogen) atoms. The Labute approximate surface area is 104 Å². The molecule has 0 radical (unpaired) electrons. The number of nitrogens with one attached hydrogen (secondary N) is 1. The Balaban J connectivity index is 1.65. The van der Waals surface area contributed by atoms with Crippen molar-refractivity contribution in [2.75, 3.05) is 0 Å². The fraction of sp³-hybridized carbons (Fsp3) is 0.538. The van der Waals surface area contributed by atoms with Gasteiger partial charge in [0.2, 0.25) is 5.91 Å². The number of hydrogen-bond acceptors (Lipinski definition) is 3. The average Bonchev–Trinajstić information content (AvgIpc) is 3.01. The van der Waals surface area contributed by atoms with Crippen LogP contribution in [0.1, 0.15) is 36.6 Å². The first-order chi connectivity index (χ1) is 8.66. The van der Waals surface area contributed by atoms with Crippen LogP contribution in [-0.2, 0) is 16.0 Å². The Bertz CT molecular complexity index is 493. The van der Waals surface area contributed by atoms with Crippen molar-refractivity contribution in [2.45, 2.75) is 31.7 Å². The van der Waals surface area contributed by atoms with Crippen LogP contribution in [-0.4, -0.2) is 17.0 Å². The summed E-state index contributed by atoms with van der Waals surface area (Å²) in [5.74, 6) is -0.904. The van der Waals surface area contributed by atoms with Gasteiger partial charge < -0.3 is 14.8 Å². The van der Waals surface area contributed by atoms with Crippen LogP contribution in [0.3, 0.4) is 0 Å². The number of rotatable bonds is 3. The fourth-order valence-corrected chi connectivity index (χ4v) is 2.67. The lowest BCUT2D eigenvalue weighted by Crippen LogP contribution is -2.32. The number of aryl methyl sites for hydroxylation is 1. The number of fused-ring (bicyclic) bond motifs is 1. The normalized spacial score (nSPS) is 29.4. The van der Waals surface area contributed by atoms with E-state index in [1.54, 1.807) is 6.26 Å². The maximum Gasteiger partial charge on any atom is 0.307 e. The molecule has 1 saturated carbocycles. The molecule has 0 spiro atoms. The number of hydrogen-bond donors (Lipinski definition) is 2. The fourth-order valence-electron chi connectivity index (χ4n) is 2.67. The summed E-state index contributed by atoms with van der Waals surface area (Å²) < 4.78 is 5.36. The highest BCUT2D eigenvalue weighted by atomic mass is 16.4. The molecular formula is C13H15NO4. The molecule has 2 aliphatic rings. The second-order valence-electron chi connectivity index (χ2n) is 5.04. The van der Waals surface area contributed by atoms with E-state index in [9.17, 15) is 9.59 Å². The minimum atomic E-state index is -0.872. The molecule has 0 bridgehead atoms. The van der Waals surface area contributed by atoms with Gasteiger partial charge in [-0.15, -0.1) is 0 Å². The highest BCUT2D eigenvalue weighted by Gasteiger charge is 2.48. The van der Waals surface area contributed by atoms with Gasteiger partial charge >= 0.3 is 5.97 Å². The number of aliphatic carboxylic acids is 1. The summed E-state index contributed by atoms with van der Waals surface area (Å²) >= 11 is 0. The third-order valence-electron chi connectivity index (χ3n) is 3.81. The molecule has 1 aromatic heterocycles. The second kappa shape index (κ2) is 4.15. The summed E-state index contributed by atoms with van der Waals surface area (Å²) in [4.78, 5) is 22.6. The zero-order valence-electron chi connectivity index (χ0n) is 9.89. The second-order valence-corrected chi connectivity index (χ2v) is 5.04. The zero-order chi connectivity index (χ0) is 12.7. The van der Waals surface area contributed by atoms with Crippen molar-refractivity contribution in [3.63, 3.8) is 0 Å². The highest BCUT2D eigenvalue weighted by Crippen LogP contribution is 2.40. The lowest BCUT2D eigenvalue weighted by atomic mass is 9.93. The summed E-state index contributed by atoms with van der Waals surface area (Å²) in [5, 5.41) is 11.8. The average molecular weight is 249 g/mol. The molecule has 96 valence electrons. The van der Waals surface area contributed by atoms with Gasteiger partial charge in [0.25, 0.3) is 0 Å². The van der Waals surface area contributed by atoms with E-state index >= 15 is 0 Å². The van der Waals surface area contributed by atoms with E-state index in [1.165, 1.54) is 0 Å². The molecule has 5 heteroatoms. The van der Waals surface area contributed by atoms with Crippen molar-refractivity contribution in [3.8, 4) is 0 Å². The quantitative estimate of drug-likeness (QED) is 0.850. The molecule has 5 nitrogen and oxygen atoms in total. The molecule has 2 aliphatic carbocycles. The molecule has 0 aromatic carbocycles. The number of furan rings is 1. The number of carbonyl (C=O) groups excluding carboxylic acids is 1. The molecule has 1 aromatic rings. The molecule has 3 atom stereocenters. The molecule has 3 rings (SSSR count). The summed E-state index contributed by atoms with van der Waals surface area (Å²) in [6.45, 7) is 0. The smallest absolute Gasteiger partial charge is 0.307 e. The van der Waals surface area contributed by atoms with Gasteiger partial charge in [-0.05, 0) is 25.3 Å². The van der Waals surface area contributed by atoms with E-state index in [2.05, 4.69) is 5.32 Å². The van der Waals surface area contributed by atoms with Gasteiger partial charge in [0.15, 0.2) is 0 Å². The SMILES string of the molecule is O=C(O)C1CC1C(=O)NC1CCCc2occc21. The number of carbonyl (C=O) groups is 2. The van der Waals surface area contributed by atoms with E-state index in [1.807, 2.05) is 6.07 Å². The predicted octanol–water partition coefficient (Wildman–Crippen LogP) is 1.49. The van der Waals surface area contributed by atoms with Crippen LogP contribution in [0.5, 0.6) is 0 Å². The first-order valence-electron chi connectivity index (χ1n) is 6.26. The van der Waals surface area contributed by atoms with Crippen LogP contribution in [0.15, 0.2) is 16.7 Å². The first-order valence-corrected chi connectivity index (χ1v) is 6.26. The molecule has 0 saturated heterocycles. The van der Waals surface area contributed by atoms with Crippen molar-refractivity contribution in [1.29, 1.82) is 0 Å². The molecule has 2 N–H and O–H groups in total. The highest BCUT2D eigenvalue weighted by molar-refractivity contribution is 5.89. The topological polar surface area (TPSA) is 79.5 Å². The number of amides is 1. The molecule has 1 amide bonds. The van der Waals surface area contributed by atoms with Gasteiger partial charge in [-0.3, -0.25) is 9.59 Å². The molecular weight excluding hydrogens is 234 g/mol. The number of carboxylic acids is 1. The maximum absolute atomic E-state index is 11.9. The van der Waals surface area contributed by atoms with Gasteiger partial charge in [0.1, 0.15) is 5.76 Å². The van der Waals surface area contributed by atoms with Gasteiger partial charge in [-0.1, -0.05) is 0 Å². The van der Waals surface area contributed by atoms with E-state index in [0.29, 0.717) is 6.42 Å². The monoisotopic (exact) mass is 249 g/mol. The van der Waals surface area contributed by atoms with Gasteiger partial charge in [0, 0.05) is 12.0 Å². The van der Waals surface area contributed by atoms with Crippen LogP contribution in [0.2, 0.25) is 0 Å². The number of carboxylic acid groups (broad SMARTS) is 1. The minimum absolute atomic E-state index is 0.0185. The summed E-state index contributed by atoms with van der Waals surface area (Å²) in [6, 6.07) is 1.87. The molecule has 3 unspecified atom stereocenters.